The standard InChI is InChI=1S/C35H56N2O6/c1-19(2)26(43-29(36)39)21-17-20(3)25-27(41-21)28(38)33(7)23-10-9-22-31(4,5)24(42-30(40)37-15-8-16-37)11-12-34(22)18-35(23,34)14-13-32(25,33)6/h19-28,38H,8-18H2,1-7H3,(H2,36,39)/t20-,21-,22+,23+,24+,25+,26-,27+,28+,32-,33-,34?,35+/m1/s1. The Kier molecular flexibility index (Phi) is 6.65. The van der Waals surface area contributed by atoms with Crippen molar-refractivity contribution in [3.8, 4) is 0 Å². The third-order valence-electron chi connectivity index (χ3n) is 15.4. The lowest BCUT2D eigenvalue weighted by Gasteiger charge is -2.63. The number of likely N-dealkylation sites (tertiary alicyclic amines) is 1. The molecule has 7 rings (SSSR count). The first-order chi connectivity index (χ1) is 20.1. The number of carbonyl (C=O) groups is 2. The van der Waals surface area contributed by atoms with Crippen LogP contribution in [0.2, 0.25) is 0 Å². The number of fused-ring (bicyclic) bond motifs is 4. The van der Waals surface area contributed by atoms with Crippen LogP contribution in [0.3, 0.4) is 0 Å². The number of rotatable bonds is 4. The molecule has 2 aliphatic heterocycles. The second kappa shape index (κ2) is 9.49. The first-order valence-corrected chi connectivity index (χ1v) is 17.4. The molecule has 0 aromatic carbocycles. The van der Waals surface area contributed by atoms with E-state index in [2.05, 4.69) is 34.6 Å². The van der Waals surface area contributed by atoms with Gasteiger partial charge in [0.05, 0.1) is 18.3 Å². The maximum Gasteiger partial charge on any atom is 0.410 e. The van der Waals surface area contributed by atoms with Gasteiger partial charge >= 0.3 is 12.2 Å². The van der Waals surface area contributed by atoms with E-state index in [1.807, 2.05) is 18.7 Å². The minimum absolute atomic E-state index is 0.0225. The third kappa shape index (κ3) is 3.74. The molecule has 2 spiro atoms. The molecule has 8 heteroatoms. The molecule has 43 heavy (non-hydrogen) atoms. The van der Waals surface area contributed by atoms with E-state index in [1.165, 1.54) is 12.8 Å². The quantitative estimate of drug-likeness (QED) is 0.402. The van der Waals surface area contributed by atoms with E-state index in [9.17, 15) is 14.7 Å². The van der Waals surface area contributed by atoms with Gasteiger partial charge in [-0.25, -0.2) is 9.59 Å². The number of carbonyl (C=O) groups excluding carboxylic acids is 2. The topological polar surface area (TPSA) is 111 Å². The van der Waals surface area contributed by atoms with Crippen LogP contribution in [0.25, 0.3) is 0 Å². The van der Waals surface area contributed by atoms with Crippen LogP contribution < -0.4 is 5.73 Å². The number of aliphatic hydroxyl groups is 1. The van der Waals surface area contributed by atoms with Gasteiger partial charge in [-0.15, -0.1) is 0 Å². The van der Waals surface area contributed by atoms with Gasteiger partial charge in [-0.2, -0.15) is 0 Å². The van der Waals surface area contributed by atoms with Crippen LogP contribution in [0, 0.1) is 56.7 Å². The van der Waals surface area contributed by atoms with Crippen LogP contribution in [0.15, 0.2) is 0 Å². The number of ether oxygens (including phenoxy) is 3. The Morgan fingerprint density at radius 2 is 1.67 bits per heavy atom. The monoisotopic (exact) mass is 600 g/mol. The SMILES string of the molecule is CC(C)[C@@H](OC(N)=O)[C@H]1C[C@@H](C)[C@H]2[C@H](O1)[C@H](O)[C@@]1(C)[C@@H]3CC[C@H]4C(C)(C)[C@@H](OC(=O)N5CCC5)CCC45C[C@@]35CC[C@]21C. The van der Waals surface area contributed by atoms with Crippen molar-refractivity contribution in [3.05, 3.63) is 0 Å². The molecule has 7 fully saturated rings. The zero-order valence-corrected chi connectivity index (χ0v) is 27.6. The summed E-state index contributed by atoms with van der Waals surface area (Å²) in [5.41, 5.74) is 5.67. The molecule has 242 valence electrons. The smallest absolute Gasteiger partial charge is 0.410 e. The molecule has 13 atom stereocenters. The van der Waals surface area contributed by atoms with Gasteiger partial charge in [0, 0.05) is 23.9 Å². The fourth-order valence-corrected chi connectivity index (χ4v) is 13.2. The highest BCUT2D eigenvalue weighted by molar-refractivity contribution is 5.68. The maximum atomic E-state index is 12.8. The molecule has 0 aromatic heterocycles. The molecule has 5 saturated carbocycles. The Morgan fingerprint density at radius 3 is 2.30 bits per heavy atom. The Balaban J connectivity index is 1.16. The minimum Gasteiger partial charge on any atom is -0.446 e. The number of hydrogen-bond acceptors (Lipinski definition) is 6. The average molecular weight is 601 g/mol. The van der Waals surface area contributed by atoms with E-state index in [0.717, 1.165) is 58.0 Å². The van der Waals surface area contributed by atoms with Crippen LogP contribution in [0.5, 0.6) is 0 Å². The second-order valence-electron chi connectivity index (χ2n) is 17.4. The number of nitrogens with two attached hydrogens (primary N) is 1. The summed E-state index contributed by atoms with van der Waals surface area (Å²) in [7, 11) is 0. The van der Waals surface area contributed by atoms with Crippen LogP contribution in [-0.2, 0) is 14.2 Å². The van der Waals surface area contributed by atoms with Crippen molar-refractivity contribution >= 4 is 12.2 Å². The molecule has 5 aliphatic carbocycles. The molecular formula is C35H56N2O6. The van der Waals surface area contributed by atoms with Crippen molar-refractivity contribution in [2.24, 2.45) is 62.4 Å². The van der Waals surface area contributed by atoms with Gasteiger partial charge in [0.1, 0.15) is 12.2 Å². The third-order valence-corrected chi connectivity index (χ3v) is 15.4. The predicted molar refractivity (Wildman–Crippen MR) is 162 cm³/mol. The fraction of sp³-hybridized carbons (Fsp3) is 0.943. The van der Waals surface area contributed by atoms with Gasteiger partial charge in [-0.1, -0.05) is 48.5 Å². The highest BCUT2D eigenvalue weighted by Crippen LogP contribution is 2.89. The summed E-state index contributed by atoms with van der Waals surface area (Å²) >= 11 is 0. The molecule has 0 bridgehead atoms. The normalized spacial score (nSPS) is 51.5. The molecule has 2 heterocycles. The summed E-state index contributed by atoms with van der Waals surface area (Å²) in [6, 6.07) is 0. The Labute approximate surface area is 258 Å². The van der Waals surface area contributed by atoms with Gasteiger partial charge in [0.25, 0.3) is 0 Å². The van der Waals surface area contributed by atoms with E-state index in [1.54, 1.807) is 0 Å². The van der Waals surface area contributed by atoms with Gasteiger partial charge < -0.3 is 30.0 Å². The van der Waals surface area contributed by atoms with Crippen LogP contribution >= 0.6 is 0 Å². The first-order valence-electron chi connectivity index (χ1n) is 17.4. The zero-order chi connectivity index (χ0) is 30.9. The average Bonchev–Trinajstić information content (AvgIpc) is 3.52. The fourth-order valence-electron chi connectivity index (χ4n) is 13.2. The van der Waals surface area contributed by atoms with Gasteiger partial charge in [-0.05, 0) is 104 Å². The Bertz CT molecular complexity index is 1170. The molecule has 2 saturated heterocycles. The predicted octanol–water partition coefficient (Wildman–Crippen LogP) is 6.13. The number of primary amides is 1. The molecule has 3 N–H and O–H groups in total. The summed E-state index contributed by atoms with van der Waals surface area (Å²) in [4.78, 5) is 26.5. The largest absolute Gasteiger partial charge is 0.446 e. The van der Waals surface area contributed by atoms with Gasteiger partial charge in [-0.3, -0.25) is 0 Å². The highest BCUT2D eigenvalue weighted by atomic mass is 16.6. The Hall–Kier alpha value is -1.54. The first kappa shape index (κ1) is 30.1. The summed E-state index contributed by atoms with van der Waals surface area (Å²) in [5.74, 6) is 1.66. The summed E-state index contributed by atoms with van der Waals surface area (Å²) in [6.07, 6.45) is 7.36. The van der Waals surface area contributed by atoms with Crippen LogP contribution in [-0.4, -0.2) is 65.8 Å². The number of hydrogen-bond donors (Lipinski definition) is 2. The van der Waals surface area contributed by atoms with Gasteiger partial charge in [0.15, 0.2) is 0 Å². The van der Waals surface area contributed by atoms with E-state index in [4.69, 9.17) is 19.9 Å². The van der Waals surface area contributed by atoms with E-state index in [0.29, 0.717) is 17.8 Å². The second-order valence-corrected chi connectivity index (χ2v) is 17.4. The van der Waals surface area contributed by atoms with E-state index >= 15 is 0 Å². The molecule has 0 radical (unpaired) electrons. The van der Waals surface area contributed by atoms with Crippen molar-refractivity contribution in [1.29, 1.82) is 0 Å². The van der Waals surface area contributed by atoms with Crippen molar-refractivity contribution in [2.45, 2.75) is 137 Å². The minimum atomic E-state index is -0.762. The zero-order valence-electron chi connectivity index (χ0n) is 27.6. The van der Waals surface area contributed by atoms with E-state index < -0.39 is 18.3 Å². The summed E-state index contributed by atoms with van der Waals surface area (Å²) < 4.78 is 18.7. The Morgan fingerprint density at radius 1 is 1.00 bits per heavy atom. The summed E-state index contributed by atoms with van der Waals surface area (Å²) in [5, 5.41) is 12.5. The van der Waals surface area contributed by atoms with E-state index in [-0.39, 0.29) is 63.3 Å². The van der Waals surface area contributed by atoms with Crippen molar-refractivity contribution < 1.29 is 28.9 Å². The maximum absolute atomic E-state index is 12.8. The van der Waals surface area contributed by atoms with Crippen molar-refractivity contribution in [2.75, 3.05) is 13.1 Å². The molecule has 8 nitrogen and oxygen atoms in total. The molecule has 0 aromatic rings. The van der Waals surface area contributed by atoms with Crippen LogP contribution in [0.1, 0.15) is 106 Å². The number of aliphatic hydroxyl groups excluding tert-OH is 1. The lowest BCUT2D eigenvalue weighted by Crippen LogP contribution is -2.60. The van der Waals surface area contributed by atoms with Crippen molar-refractivity contribution in [3.63, 3.8) is 0 Å². The van der Waals surface area contributed by atoms with Gasteiger partial charge in [0.2, 0.25) is 0 Å². The lowest BCUT2D eigenvalue weighted by molar-refractivity contribution is -0.185. The molecule has 7 aliphatic rings. The number of nitrogens with zero attached hydrogens (tertiary/aromatic N) is 1. The molecular weight excluding hydrogens is 544 g/mol. The molecule has 1 unspecified atom stereocenters. The van der Waals surface area contributed by atoms with Crippen molar-refractivity contribution in [1.82, 2.24) is 4.90 Å². The molecule has 2 amide bonds. The van der Waals surface area contributed by atoms with Crippen LogP contribution in [0.4, 0.5) is 9.59 Å². The lowest BCUT2D eigenvalue weighted by atomic mass is 9.41. The highest BCUT2D eigenvalue weighted by Gasteiger charge is 2.84. The number of amides is 2. The summed E-state index contributed by atoms with van der Waals surface area (Å²) in [6.45, 7) is 17.6.